The van der Waals surface area contributed by atoms with Gasteiger partial charge >= 0.3 is 5.92 Å². The first kappa shape index (κ1) is 23.2. The van der Waals surface area contributed by atoms with E-state index < -0.39 is 59.3 Å². The van der Waals surface area contributed by atoms with Crippen molar-refractivity contribution >= 4 is 11.8 Å². The summed E-state index contributed by atoms with van der Waals surface area (Å²) in [5.74, 6) is -10.5. The maximum Gasteiger partial charge on any atom is 0.339 e. The van der Waals surface area contributed by atoms with E-state index in [0.717, 1.165) is 23.3 Å². The average molecular weight is 467 g/mol. The monoisotopic (exact) mass is 467 g/mol. The van der Waals surface area contributed by atoms with Crippen LogP contribution in [0.4, 0.5) is 22.0 Å². The van der Waals surface area contributed by atoms with Crippen LogP contribution in [0, 0.1) is 17.5 Å². The highest BCUT2D eigenvalue weighted by Gasteiger charge is 2.51. The number of halogens is 5. The van der Waals surface area contributed by atoms with E-state index in [1.54, 1.807) is 24.3 Å². The van der Waals surface area contributed by atoms with Crippen LogP contribution in [0.3, 0.4) is 0 Å². The molecule has 1 saturated carbocycles. The standard InChI is InChI=1S/C23H22F5N3O2/c24-16-10-18(26)17(25)7-14(16)9-20(29)23(27,28)22(33)31-11-13-4-2-1-3-12(13)8-19(31)21(32)30-15-5-6-15/h1-4,7,10,15,19-20H,5-6,8-9,11,29H2,(H,30,32)/t19-,20?/m0/s1. The number of alkyl halides is 2. The van der Waals surface area contributed by atoms with Gasteiger partial charge in [0.15, 0.2) is 11.6 Å². The zero-order chi connectivity index (χ0) is 23.9. The topological polar surface area (TPSA) is 75.4 Å². The average Bonchev–Trinajstić information content (AvgIpc) is 3.59. The van der Waals surface area contributed by atoms with Gasteiger partial charge in [0.2, 0.25) is 5.91 Å². The molecule has 2 aliphatic rings. The second-order valence-corrected chi connectivity index (χ2v) is 8.50. The van der Waals surface area contributed by atoms with Gasteiger partial charge in [-0.25, -0.2) is 13.2 Å². The molecule has 0 aromatic heterocycles. The van der Waals surface area contributed by atoms with Gasteiger partial charge in [-0.15, -0.1) is 0 Å². The highest BCUT2D eigenvalue weighted by atomic mass is 19.3. The predicted molar refractivity (Wildman–Crippen MR) is 109 cm³/mol. The van der Waals surface area contributed by atoms with Crippen LogP contribution >= 0.6 is 0 Å². The molecule has 0 bridgehead atoms. The summed E-state index contributed by atoms with van der Waals surface area (Å²) >= 11 is 0. The van der Waals surface area contributed by atoms with Crippen LogP contribution in [-0.2, 0) is 29.0 Å². The van der Waals surface area contributed by atoms with Crippen molar-refractivity contribution in [2.24, 2.45) is 5.73 Å². The Kier molecular flexibility index (Phi) is 6.13. The molecule has 5 nitrogen and oxygen atoms in total. The molecule has 10 heteroatoms. The second-order valence-electron chi connectivity index (χ2n) is 8.50. The van der Waals surface area contributed by atoms with Crippen molar-refractivity contribution in [1.29, 1.82) is 0 Å². The van der Waals surface area contributed by atoms with Crippen LogP contribution in [0.5, 0.6) is 0 Å². The largest absolute Gasteiger partial charge is 0.352 e. The van der Waals surface area contributed by atoms with Crippen LogP contribution in [-0.4, -0.2) is 40.8 Å². The number of rotatable bonds is 6. The lowest BCUT2D eigenvalue weighted by Crippen LogP contribution is -2.60. The minimum Gasteiger partial charge on any atom is -0.352 e. The third-order valence-corrected chi connectivity index (χ3v) is 6.02. The molecule has 1 heterocycles. The summed E-state index contributed by atoms with van der Waals surface area (Å²) in [7, 11) is 0. The Morgan fingerprint density at radius 2 is 1.70 bits per heavy atom. The van der Waals surface area contributed by atoms with Crippen LogP contribution in [0.15, 0.2) is 36.4 Å². The summed E-state index contributed by atoms with van der Waals surface area (Å²) in [6.45, 7) is -0.223. The Labute approximate surface area is 186 Å². The van der Waals surface area contributed by atoms with E-state index in [0.29, 0.717) is 11.6 Å². The van der Waals surface area contributed by atoms with E-state index in [2.05, 4.69) is 5.32 Å². The zero-order valence-corrected chi connectivity index (χ0v) is 17.5. The number of fused-ring (bicyclic) bond motifs is 1. The first-order chi connectivity index (χ1) is 15.6. The van der Waals surface area contributed by atoms with E-state index in [1.165, 1.54) is 0 Å². The zero-order valence-electron chi connectivity index (χ0n) is 17.5. The van der Waals surface area contributed by atoms with Crippen molar-refractivity contribution in [3.8, 4) is 0 Å². The lowest BCUT2D eigenvalue weighted by molar-refractivity contribution is -0.166. The maximum atomic E-state index is 15.1. The summed E-state index contributed by atoms with van der Waals surface area (Å²) < 4.78 is 70.8. The number of carbonyl (C=O) groups excluding carboxylic acids is 2. The SMILES string of the molecule is NC(Cc1cc(F)c(F)cc1F)C(F)(F)C(=O)N1Cc2ccccc2C[C@H]1C(=O)NC1CC1. The molecule has 2 amide bonds. The van der Waals surface area contributed by atoms with Crippen molar-refractivity contribution in [1.82, 2.24) is 10.2 Å². The molecular formula is C23H22F5N3O2. The van der Waals surface area contributed by atoms with Gasteiger partial charge in [0, 0.05) is 25.1 Å². The van der Waals surface area contributed by atoms with Gasteiger partial charge in [0.25, 0.3) is 5.91 Å². The van der Waals surface area contributed by atoms with E-state index in [-0.39, 0.29) is 25.1 Å². The van der Waals surface area contributed by atoms with E-state index in [1.807, 2.05) is 0 Å². The first-order valence-corrected chi connectivity index (χ1v) is 10.5. The first-order valence-electron chi connectivity index (χ1n) is 10.5. The highest BCUT2D eigenvalue weighted by molar-refractivity contribution is 5.92. The summed E-state index contributed by atoms with van der Waals surface area (Å²) in [5.41, 5.74) is 6.39. The Morgan fingerprint density at radius 1 is 1.06 bits per heavy atom. The fourth-order valence-corrected chi connectivity index (χ4v) is 3.93. The summed E-state index contributed by atoms with van der Waals surface area (Å²) in [6.07, 6.45) is 0.711. The van der Waals surface area contributed by atoms with Gasteiger partial charge < -0.3 is 16.0 Å². The number of amides is 2. The maximum absolute atomic E-state index is 15.1. The number of hydrogen-bond acceptors (Lipinski definition) is 3. The van der Waals surface area contributed by atoms with Gasteiger partial charge in [-0.1, -0.05) is 24.3 Å². The van der Waals surface area contributed by atoms with Gasteiger partial charge in [-0.05, 0) is 42.0 Å². The minimum atomic E-state index is -4.19. The molecule has 2 atom stereocenters. The minimum absolute atomic E-state index is 0.0364. The molecule has 1 unspecified atom stereocenters. The van der Waals surface area contributed by atoms with E-state index in [4.69, 9.17) is 5.73 Å². The Hall–Kier alpha value is -3.01. The summed E-state index contributed by atoms with van der Waals surface area (Å²) in [6, 6.07) is 4.15. The molecule has 1 aliphatic heterocycles. The lowest BCUT2D eigenvalue weighted by Gasteiger charge is -2.38. The molecule has 2 aromatic rings. The summed E-state index contributed by atoms with van der Waals surface area (Å²) in [5, 5.41) is 2.74. The molecule has 1 fully saturated rings. The number of carbonyl (C=O) groups is 2. The molecular weight excluding hydrogens is 445 g/mol. The Morgan fingerprint density at radius 3 is 2.36 bits per heavy atom. The van der Waals surface area contributed by atoms with Crippen molar-refractivity contribution < 1.29 is 31.5 Å². The van der Waals surface area contributed by atoms with E-state index >= 15 is 8.78 Å². The van der Waals surface area contributed by atoms with Crippen LogP contribution in [0.1, 0.15) is 29.5 Å². The molecule has 176 valence electrons. The number of nitrogens with two attached hydrogens (primary N) is 1. The Bertz CT molecular complexity index is 1090. The fourth-order valence-electron chi connectivity index (χ4n) is 3.93. The highest BCUT2D eigenvalue weighted by Crippen LogP contribution is 2.31. The number of nitrogens with one attached hydrogen (secondary N) is 1. The van der Waals surface area contributed by atoms with Gasteiger partial charge in [0.05, 0.1) is 6.04 Å². The normalized spacial score (nSPS) is 19.1. The van der Waals surface area contributed by atoms with Crippen molar-refractivity contribution in [2.75, 3.05) is 0 Å². The predicted octanol–water partition coefficient (Wildman–Crippen LogP) is 2.84. The number of benzene rings is 2. The molecule has 1 aliphatic carbocycles. The van der Waals surface area contributed by atoms with Crippen LogP contribution in [0.25, 0.3) is 0 Å². The molecule has 33 heavy (non-hydrogen) atoms. The molecule has 0 saturated heterocycles. The number of hydrogen-bond donors (Lipinski definition) is 2. The van der Waals surface area contributed by atoms with Gasteiger partial charge in [-0.3, -0.25) is 9.59 Å². The third kappa shape index (κ3) is 4.71. The van der Waals surface area contributed by atoms with Crippen LogP contribution in [0.2, 0.25) is 0 Å². The smallest absolute Gasteiger partial charge is 0.339 e. The third-order valence-electron chi connectivity index (χ3n) is 6.02. The molecule has 3 N–H and O–H groups in total. The van der Waals surface area contributed by atoms with Gasteiger partial charge in [0.1, 0.15) is 11.9 Å². The van der Waals surface area contributed by atoms with Gasteiger partial charge in [-0.2, -0.15) is 8.78 Å². The number of nitrogens with zero attached hydrogens (tertiary/aromatic N) is 1. The molecule has 4 rings (SSSR count). The second kappa shape index (κ2) is 8.74. The van der Waals surface area contributed by atoms with Crippen molar-refractivity contribution in [3.63, 3.8) is 0 Å². The molecule has 0 radical (unpaired) electrons. The molecule has 2 aromatic carbocycles. The van der Waals surface area contributed by atoms with Crippen molar-refractivity contribution in [2.45, 2.75) is 56.3 Å². The summed E-state index contributed by atoms with van der Waals surface area (Å²) in [4.78, 5) is 26.5. The molecule has 0 spiro atoms. The van der Waals surface area contributed by atoms with Crippen molar-refractivity contribution in [3.05, 3.63) is 70.5 Å². The lowest BCUT2D eigenvalue weighted by atomic mass is 9.91. The fraction of sp³-hybridized carbons (Fsp3) is 0.391. The quantitative estimate of drug-likeness (QED) is 0.507. The van der Waals surface area contributed by atoms with Crippen LogP contribution < -0.4 is 11.1 Å². The Balaban J connectivity index is 1.58. The van der Waals surface area contributed by atoms with E-state index in [9.17, 15) is 22.8 Å².